The largest absolute Gasteiger partial charge is 1.00 e. The average Bonchev–Trinajstić information content (AvgIpc) is 2.69. The van der Waals surface area contributed by atoms with E-state index in [-0.39, 0.29) is 25.4 Å². The van der Waals surface area contributed by atoms with Gasteiger partial charge in [0, 0.05) is 6.54 Å². The number of rotatable bonds is 20. The van der Waals surface area contributed by atoms with Gasteiger partial charge in [-0.25, -0.2) is 0 Å². The zero-order valence-corrected chi connectivity index (χ0v) is 20.8. The number of carboxylic acid groups (broad SMARTS) is 1. The quantitative estimate of drug-likeness (QED) is 0.175. The van der Waals surface area contributed by atoms with E-state index in [1.165, 1.54) is 51.4 Å². The standard InChI is InChI=1S/C26H49NO2.Li/c1-5-7-9-11-13-15-17-24(3)19-21-27(23-26(28)29)22-20-25(4)18-16-14-12-10-8-6-2;/h7-10,24-25H,5-6,11-23H2,1-4H3,(H,28,29);/q;+1/p-1/b9-7+,10-8+;. The van der Waals surface area contributed by atoms with Gasteiger partial charge in [-0.15, -0.1) is 0 Å². The molecule has 0 spiro atoms. The Kier molecular flexibility index (Phi) is 24.5. The van der Waals surface area contributed by atoms with Gasteiger partial charge in [-0.1, -0.05) is 77.7 Å². The van der Waals surface area contributed by atoms with Crippen LogP contribution in [0.2, 0.25) is 0 Å². The van der Waals surface area contributed by atoms with Crippen molar-refractivity contribution in [3.63, 3.8) is 0 Å². The van der Waals surface area contributed by atoms with E-state index in [2.05, 4.69) is 56.9 Å². The Bertz CT molecular complexity index is 405. The zero-order valence-electron chi connectivity index (χ0n) is 20.8. The molecular weight excluding hydrogens is 365 g/mol. The van der Waals surface area contributed by atoms with Crippen molar-refractivity contribution in [3.8, 4) is 0 Å². The molecule has 30 heavy (non-hydrogen) atoms. The summed E-state index contributed by atoms with van der Waals surface area (Å²) in [5.74, 6) is 0.363. The molecule has 4 heteroatoms. The topological polar surface area (TPSA) is 43.4 Å². The molecule has 0 saturated carbocycles. The Labute approximate surface area is 199 Å². The Hall–Kier alpha value is -0.493. The summed E-state index contributed by atoms with van der Waals surface area (Å²) in [6.45, 7) is 10.8. The molecule has 0 aromatic heterocycles. The summed E-state index contributed by atoms with van der Waals surface area (Å²) in [4.78, 5) is 13.2. The predicted octanol–water partition coefficient (Wildman–Crippen LogP) is 3.15. The van der Waals surface area contributed by atoms with Crippen LogP contribution >= 0.6 is 0 Å². The van der Waals surface area contributed by atoms with Gasteiger partial charge in [-0.05, 0) is 76.3 Å². The molecule has 0 N–H and O–H groups in total. The van der Waals surface area contributed by atoms with Gasteiger partial charge in [0.15, 0.2) is 0 Å². The van der Waals surface area contributed by atoms with Gasteiger partial charge in [-0.2, -0.15) is 0 Å². The van der Waals surface area contributed by atoms with Crippen LogP contribution in [0.1, 0.15) is 105 Å². The summed E-state index contributed by atoms with van der Waals surface area (Å²) in [6.07, 6.45) is 23.4. The molecule has 0 aliphatic heterocycles. The first kappa shape index (κ1) is 31.7. The Morgan fingerprint density at radius 1 is 0.767 bits per heavy atom. The number of allylic oxidation sites excluding steroid dienone is 4. The van der Waals surface area contributed by atoms with Crippen molar-refractivity contribution in [1.82, 2.24) is 4.90 Å². The number of carboxylic acids is 1. The molecule has 170 valence electrons. The van der Waals surface area contributed by atoms with E-state index in [1.54, 1.807) is 0 Å². The van der Waals surface area contributed by atoms with Crippen LogP contribution in [0.15, 0.2) is 24.3 Å². The van der Waals surface area contributed by atoms with E-state index in [4.69, 9.17) is 0 Å². The Balaban J connectivity index is 0. The third-order valence-corrected chi connectivity index (χ3v) is 5.67. The van der Waals surface area contributed by atoms with Gasteiger partial charge < -0.3 is 9.90 Å². The molecule has 0 radical (unpaired) electrons. The summed E-state index contributed by atoms with van der Waals surface area (Å²) in [5.41, 5.74) is 0. The van der Waals surface area contributed by atoms with E-state index < -0.39 is 5.97 Å². The number of nitrogens with zero attached hydrogens (tertiary/aromatic N) is 1. The predicted molar refractivity (Wildman–Crippen MR) is 125 cm³/mol. The molecular formula is C26H48LiNO2. The molecule has 0 heterocycles. The van der Waals surface area contributed by atoms with Crippen LogP contribution in [0, 0.1) is 11.8 Å². The first-order valence-electron chi connectivity index (χ1n) is 12.2. The van der Waals surface area contributed by atoms with Crippen LogP contribution in [-0.4, -0.2) is 30.5 Å². The molecule has 0 aliphatic carbocycles. The van der Waals surface area contributed by atoms with Crippen molar-refractivity contribution in [2.45, 2.75) is 105 Å². The first-order chi connectivity index (χ1) is 14.0. The SMILES string of the molecule is CC/C=C/CCCCC(C)CCN(CCC(C)CCCC/C=C/CC)CC(=O)[O-].[Li+]. The van der Waals surface area contributed by atoms with Crippen molar-refractivity contribution in [3.05, 3.63) is 24.3 Å². The number of aliphatic carboxylic acids is 1. The monoisotopic (exact) mass is 413 g/mol. The van der Waals surface area contributed by atoms with Crippen LogP contribution in [0.4, 0.5) is 0 Å². The number of hydrogen-bond acceptors (Lipinski definition) is 3. The van der Waals surface area contributed by atoms with Crippen LogP contribution in [0.3, 0.4) is 0 Å². The molecule has 0 aromatic carbocycles. The second kappa shape index (κ2) is 23.2. The number of hydrogen-bond donors (Lipinski definition) is 0. The molecule has 2 atom stereocenters. The summed E-state index contributed by atoms with van der Waals surface area (Å²) < 4.78 is 0. The summed E-state index contributed by atoms with van der Waals surface area (Å²) >= 11 is 0. The van der Waals surface area contributed by atoms with Gasteiger partial charge >= 0.3 is 18.9 Å². The van der Waals surface area contributed by atoms with E-state index in [1.807, 2.05) is 0 Å². The average molecular weight is 414 g/mol. The fourth-order valence-electron chi connectivity index (χ4n) is 3.63. The smallest absolute Gasteiger partial charge is 0.549 e. The number of unbranched alkanes of at least 4 members (excludes halogenated alkanes) is 4. The van der Waals surface area contributed by atoms with Gasteiger partial charge in [0.25, 0.3) is 0 Å². The maximum atomic E-state index is 11.1. The maximum absolute atomic E-state index is 11.1. The Morgan fingerprint density at radius 2 is 1.20 bits per heavy atom. The van der Waals surface area contributed by atoms with Crippen LogP contribution in [-0.2, 0) is 4.79 Å². The minimum Gasteiger partial charge on any atom is -0.549 e. The van der Waals surface area contributed by atoms with E-state index in [0.29, 0.717) is 11.8 Å². The molecule has 0 aromatic rings. The molecule has 0 aliphatic rings. The molecule has 0 rings (SSSR count). The van der Waals surface area contributed by atoms with Crippen molar-refractivity contribution in [2.75, 3.05) is 19.6 Å². The Morgan fingerprint density at radius 3 is 1.57 bits per heavy atom. The molecule has 0 fully saturated rings. The fraction of sp³-hybridized carbons (Fsp3) is 0.808. The first-order valence-corrected chi connectivity index (χ1v) is 12.2. The summed E-state index contributed by atoms with van der Waals surface area (Å²) in [6, 6.07) is 0. The zero-order chi connectivity index (χ0) is 21.7. The fourth-order valence-corrected chi connectivity index (χ4v) is 3.63. The molecule has 0 amide bonds. The minimum atomic E-state index is -0.948. The van der Waals surface area contributed by atoms with E-state index in [0.717, 1.165) is 38.8 Å². The second-order valence-electron chi connectivity index (χ2n) is 8.76. The molecule has 3 nitrogen and oxygen atoms in total. The summed E-state index contributed by atoms with van der Waals surface area (Å²) in [7, 11) is 0. The van der Waals surface area contributed by atoms with E-state index >= 15 is 0 Å². The van der Waals surface area contributed by atoms with Crippen molar-refractivity contribution in [2.24, 2.45) is 11.8 Å². The van der Waals surface area contributed by atoms with Gasteiger partial charge in [0.2, 0.25) is 0 Å². The third kappa shape index (κ3) is 22.2. The summed E-state index contributed by atoms with van der Waals surface area (Å²) in [5, 5.41) is 11.1. The number of carbonyl (C=O) groups excluding carboxylic acids is 1. The van der Waals surface area contributed by atoms with E-state index in [9.17, 15) is 9.90 Å². The van der Waals surface area contributed by atoms with Crippen molar-refractivity contribution < 1.29 is 28.8 Å². The third-order valence-electron chi connectivity index (χ3n) is 5.67. The molecule has 0 saturated heterocycles. The number of carbonyl (C=O) groups is 1. The normalized spacial score (nSPS) is 13.8. The van der Waals surface area contributed by atoms with Crippen molar-refractivity contribution >= 4 is 5.97 Å². The second-order valence-corrected chi connectivity index (χ2v) is 8.76. The molecule has 0 bridgehead atoms. The van der Waals surface area contributed by atoms with Crippen LogP contribution in [0.5, 0.6) is 0 Å². The van der Waals surface area contributed by atoms with Crippen LogP contribution in [0.25, 0.3) is 0 Å². The van der Waals surface area contributed by atoms with Gasteiger partial charge in [-0.3, -0.25) is 4.90 Å². The van der Waals surface area contributed by atoms with Gasteiger partial charge in [0.1, 0.15) is 0 Å². The van der Waals surface area contributed by atoms with Crippen LogP contribution < -0.4 is 24.0 Å². The van der Waals surface area contributed by atoms with Crippen molar-refractivity contribution in [1.29, 1.82) is 0 Å². The maximum Gasteiger partial charge on any atom is 1.00 e. The minimum absolute atomic E-state index is 0. The molecule has 2 unspecified atom stereocenters. The van der Waals surface area contributed by atoms with Gasteiger partial charge in [0.05, 0.1) is 5.97 Å².